The minimum atomic E-state index is -0.0251. The molecule has 0 aliphatic heterocycles. The lowest BCUT2D eigenvalue weighted by Gasteiger charge is -2.22. The lowest BCUT2D eigenvalue weighted by atomic mass is 10.2. The van der Waals surface area contributed by atoms with Crippen LogP contribution >= 0.6 is 27.3 Å². The quantitative estimate of drug-likeness (QED) is 0.560. The largest absolute Gasteiger partial charge is 0.308 e. The molecule has 3 rings (SSSR count). The maximum atomic E-state index is 13.2. The van der Waals surface area contributed by atoms with Gasteiger partial charge in [0.25, 0.3) is 5.91 Å². The smallest absolute Gasteiger partial charge is 0.260 e. The molecule has 1 aromatic heterocycles. The van der Waals surface area contributed by atoms with E-state index < -0.39 is 0 Å². The molecule has 3 aromatic rings. The van der Waals surface area contributed by atoms with E-state index in [1.165, 1.54) is 5.56 Å². The Kier molecular flexibility index (Phi) is 6.06. The molecule has 2 aromatic carbocycles. The predicted octanol–water partition coefficient (Wildman–Crippen LogP) is 4.83. The van der Waals surface area contributed by atoms with E-state index in [1.807, 2.05) is 44.4 Å². The zero-order chi connectivity index (χ0) is 18.7. The molecule has 0 radical (unpaired) electrons. The van der Waals surface area contributed by atoms with Crippen LogP contribution < -0.4 is 4.90 Å². The number of hydrogen-bond acceptors (Lipinski definition) is 4. The van der Waals surface area contributed by atoms with Gasteiger partial charge in [-0.3, -0.25) is 9.69 Å². The maximum Gasteiger partial charge on any atom is 0.260 e. The van der Waals surface area contributed by atoms with Gasteiger partial charge in [0.15, 0.2) is 5.13 Å². The summed E-state index contributed by atoms with van der Waals surface area (Å²) in [5.74, 6) is -0.0251. The van der Waals surface area contributed by atoms with Crippen LogP contribution in [0.4, 0.5) is 5.13 Å². The Bertz CT molecular complexity index is 922. The number of aryl methyl sites for hydroxylation is 1. The van der Waals surface area contributed by atoms with E-state index in [1.54, 1.807) is 16.2 Å². The van der Waals surface area contributed by atoms with Gasteiger partial charge >= 0.3 is 0 Å². The molecular weight excluding hydrogens is 410 g/mol. The van der Waals surface area contributed by atoms with Crippen LogP contribution in [-0.2, 0) is 6.42 Å². The summed E-state index contributed by atoms with van der Waals surface area (Å²) in [5.41, 5.74) is 2.89. The number of carbonyl (C=O) groups excluding carboxylic acids is 1. The molecule has 0 aliphatic rings. The third kappa shape index (κ3) is 4.31. The summed E-state index contributed by atoms with van der Waals surface area (Å²) in [4.78, 5) is 21.8. The van der Waals surface area contributed by atoms with Crippen molar-refractivity contribution in [3.05, 3.63) is 58.1 Å². The molecule has 26 heavy (non-hydrogen) atoms. The van der Waals surface area contributed by atoms with Crippen LogP contribution in [0.3, 0.4) is 0 Å². The SMILES string of the molecule is CCc1ccc2nc(N(CCN(C)C)C(=O)c3cccc(Br)c3)sc2c1. The third-order valence-corrected chi connectivity index (χ3v) is 5.70. The van der Waals surface area contributed by atoms with Crippen molar-refractivity contribution in [2.24, 2.45) is 0 Å². The number of fused-ring (bicyclic) bond motifs is 1. The van der Waals surface area contributed by atoms with Crippen molar-refractivity contribution in [2.45, 2.75) is 13.3 Å². The first-order valence-electron chi connectivity index (χ1n) is 8.59. The summed E-state index contributed by atoms with van der Waals surface area (Å²) >= 11 is 5.03. The van der Waals surface area contributed by atoms with Crippen molar-refractivity contribution in [3.63, 3.8) is 0 Å². The molecular formula is C20H22BrN3OS. The first-order chi connectivity index (χ1) is 12.5. The second-order valence-corrected chi connectivity index (χ2v) is 8.35. The molecule has 0 fully saturated rings. The van der Waals surface area contributed by atoms with Gasteiger partial charge in [-0.1, -0.05) is 46.3 Å². The molecule has 0 spiro atoms. The number of hydrogen-bond donors (Lipinski definition) is 0. The highest BCUT2D eigenvalue weighted by Gasteiger charge is 2.21. The number of thiazole rings is 1. The summed E-state index contributed by atoms with van der Waals surface area (Å²) in [6.07, 6.45) is 0.991. The monoisotopic (exact) mass is 431 g/mol. The second-order valence-electron chi connectivity index (χ2n) is 6.42. The molecule has 0 saturated heterocycles. The highest BCUT2D eigenvalue weighted by Crippen LogP contribution is 2.30. The topological polar surface area (TPSA) is 36.4 Å². The van der Waals surface area contributed by atoms with Crippen LogP contribution in [-0.4, -0.2) is 43.0 Å². The molecule has 0 N–H and O–H groups in total. The van der Waals surface area contributed by atoms with Gasteiger partial charge in [0.1, 0.15) is 0 Å². The van der Waals surface area contributed by atoms with Crippen molar-refractivity contribution in [1.82, 2.24) is 9.88 Å². The van der Waals surface area contributed by atoms with Gasteiger partial charge in [0.2, 0.25) is 0 Å². The number of rotatable bonds is 6. The van der Waals surface area contributed by atoms with Crippen LogP contribution in [0.5, 0.6) is 0 Å². The Morgan fingerprint density at radius 2 is 1.96 bits per heavy atom. The highest BCUT2D eigenvalue weighted by molar-refractivity contribution is 9.10. The number of benzene rings is 2. The van der Waals surface area contributed by atoms with E-state index in [-0.39, 0.29) is 5.91 Å². The van der Waals surface area contributed by atoms with Crippen LogP contribution in [0.1, 0.15) is 22.8 Å². The average molecular weight is 432 g/mol. The number of likely N-dealkylation sites (N-methyl/N-ethyl adjacent to an activating group) is 1. The van der Waals surface area contributed by atoms with Gasteiger partial charge in [-0.05, 0) is 56.4 Å². The minimum absolute atomic E-state index is 0.0251. The van der Waals surface area contributed by atoms with E-state index in [0.29, 0.717) is 12.1 Å². The molecule has 1 heterocycles. The second kappa shape index (κ2) is 8.29. The standard InChI is InChI=1S/C20H22BrN3OS/c1-4-14-8-9-17-18(12-14)26-20(22-17)24(11-10-23(2)3)19(25)15-6-5-7-16(21)13-15/h5-9,12-13H,4,10-11H2,1-3H3. The van der Waals surface area contributed by atoms with Crippen LogP contribution in [0.2, 0.25) is 0 Å². The molecule has 0 saturated carbocycles. The maximum absolute atomic E-state index is 13.2. The van der Waals surface area contributed by atoms with E-state index in [9.17, 15) is 4.79 Å². The van der Waals surface area contributed by atoms with E-state index in [0.717, 1.165) is 32.8 Å². The fourth-order valence-electron chi connectivity index (χ4n) is 2.65. The zero-order valence-corrected chi connectivity index (χ0v) is 17.6. The van der Waals surface area contributed by atoms with Crippen molar-refractivity contribution >= 4 is 48.5 Å². The molecule has 6 heteroatoms. The molecule has 0 atom stereocenters. The first-order valence-corrected chi connectivity index (χ1v) is 10.2. The van der Waals surface area contributed by atoms with Gasteiger partial charge in [-0.15, -0.1) is 0 Å². The van der Waals surface area contributed by atoms with Gasteiger partial charge in [-0.25, -0.2) is 4.98 Å². The number of nitrogens with zero attached hydrogens (tertiary/aromatic N) is 3. The number of halogens is 1. The van der Waals surface area contributed by atoms with Crippen molar-refractivity contribution in [1.29, 1.82) is 0 Å². The van der Waals surface area contributed by atoms with Gasteiger partial charge < -0.3 is 4.90 Å². The normalized spacial score (nSPS) is 11.3. The Morgan fingerprint density at radius 1 is 1.15 bits per heavy atom. The molecule has 136 valence electrons. The molecule has 1 amide bonds. The highest BCUT2D eigenvalue weighted by atomic mass is 79.9. The lowest BCUT2D eigenvalue weighted by Crippen LogP contribution is -2.36. The number of aromatic nitrogens is 1. The van der Waals surface area contributed by atoms with Crippen molar-refractivity contribution < 1.29 is 4.79 Å². The van der Waals surface area contributed by atoms with Gasteiger partial charge in [0.05, 0.1) is 10.2 Å². The lowest BCUT2D eigenvalue weighted by molar-refractivity contribution is 0.0985. The Morgan fingerprint density at radius 3 is 2.65 bits per heavy atom. The number of carbonyl (C=O) groups is 1. The van der Waals surface area contributed by atoms with E-state index in [4.69, 9.17) is 4.98 Å². The Balaban J connectivity index is 1.98. The van der Waals surface area contributed by atoms with Crippen LogP contribution in [0, 0.1) is 0 Å². The zero-order valence-electron chi connectivity index (χ0n) is 15.2. The third-order valence-electron chi connectivity index (χ3n) is 4.17. The summed E-state index contributed by atoms with van der Waals surface area (Å²) in [5, 5.41) is 0.750. The van der Waals surface area contributed by atoms with Crippen molar-refractivity contribution in [3.8, 4) is 0 Å². The first kappa shape index (κ1) is 19.0. The fraction of sp³-hybridized carbons (Fsp3) is 0.300. The average Bonchev–Trinajstić information content (AvgIpc) is 3.04. The summed E-state index contributed by atoms with van der Waals surface area (Å²) in [6.45, 7) is 3.51. The summed E-state index contributed by atoms with van der Waals surface area (Å²) in [6, 6.07) is 13.8. The summed E-state index contributed by atoms with van der Waals surface area (Å²) in [7, 11) is 4.02. The van der Waals surface area contributed by atoms with Crippen LogP contribution in [0.25, 0.3) is 10.2 Å². The molecule has 0 bridgehead atoms. The van der Waals surface area contributed by atoms with Gasteiger partial charge in [-0.2, -0.15) is 0 Å². The number of anilines is 1. The Labute approximate surface area is 166 Å². The molecule has 4 nitrogen and oxygen atoms in total. The predicted molar refractivity (Wildman–Crippen MR) is 113 cm³/mol. The molecule has 0 unspecified atom stereocenters. The number of amides is 1. The van der Waals surface area contributed by atoms with Crippen molar-refractivity contribution in [2.75, 3.05) is 32.1 Å². The summed E-state index contributed by atoms with van der Waals surface area (Å²) < 4.78 is 2.02. The van der Waals surface area contributed by atoms with Gasteiger partial charge in [0, 0.05) is 23.1 Å². The van der Waals surface area contributed by atoms with E-state index >= 15 is 0 Å². The minimum Gasteiger partial charge on any atom is -0.308 e. The van der Waals surface area contributed by atoms with Crippen LogP contribution in [0.15, 0.2) is 46.9 Å². The Hall–Kier alpha value is -1.76. The van der Waals surface area contributed by atoms with E-state index in [2.05, 4.69) is 39.9 Å². The molecule has 0 aliphatic carbocycles. The fourth-order valence-corrected chi connectivity index (χ4v) is 4.11.